The first-order valence-electron chi connectivity index (χ1n) is 8.50. The van der Waals surface area contributed by atoms with Gasteiger partial charge in [-0.15, -0.1) is 0 Å². The van der Waals surface area contributed by atoms with Crippen LogP contribution in [0.5, 0.6) is 0 Å². The molecule has 2 aromatic rings. The number of benzene rings is 1. The molecule has 24 heavy (non-hydrogen) atoms. The van der Waals surface area contributed by atoms with Crippen molar-refractivity contribution in [1.29, 1.82) is 0 Å². The van der Waals surface area contributed by atoms with E-state index >= 15 is 0 Å². The van der Waals surface area contributed by atoms with E-state index in [0.29, 0.717) is 18.5 Å². The maximum atomic E-state index is 15.0. The van der Waals surface area contributed by atoms with E-state index in [1.54, 1.807) is 12.3 Å². The van der Waals surface area contributed by atoms with Crippen LogP contribution in [0.25, 0.3) is 0 Å². The van der Waals surface area contributed by atoms with Crippen LogP contribution < -0.4 is 0 Å². The summed E-state index contributed by atoms with van der Waals surface area (Å²) < 4.78 is 15.0. The summed E-state index contributed by atoms with van der Waals surface area (Å²) in [5, 5.41) is 0. The SMILES string of the molecule is CC(C)(C)c1cc(CCC(=O)c2ccc[nH]2)cc(C(C)(C)C)c1F. The fraction of sp³-hybridized carbons (Fsp3) is 0.476. The number of nitrogens with one attached hydrogen (secondary N) is 1. The van der Waals surface area contributed by atoms with Gasteiger partial charge in [0.2, 0.25) is 0 Å². The Morgan fingerprint density at radius 1 is 1.04 bits per heavy atom. The molecule has 1 aromatic carbocycles. The standard InChI is InChI=1S/C21H28FNO/c1-20(2,3)15-12-14(13-16(19(15)22)21(4,5)6)9-10-18(24)17-8-7-11-23-17/h7-8,11-13,23H,9-10H2,1-6H3. The molecule has 1 aromatic heterocycles. The molecule has 2 rings (SSSR count). The minimum absolute atomic E-state index is 0.0824. The first-order chi connectivity index (χ1) is 11.0. The van der Waals surface area contributed by atoms with Gasteiger partial charge in [0.15, 0.2) is 5.78 Å². The third-order valence-corrected chi connectivity index (χ3v) is 4.29. The van der Waals surface area contributed by atoms with Gasteiger partial charge in [-0.3, -0.25) is 4.79 Å². The number of aryl methyl sites for hydroxylation is 1. The number of H-pyrrole nitrogens is 1. The number of halogens is 1. The lowest BCUT2D eigenvalue weighted by molar-refractivity contribution is 0.0978. The van der Waals surface area contributed by atoms with Crippen LogP contribution in [0.3, 0.4) is 0 Å². The highest BCUT2D eigenvalue weighted by atomic mass is 19.1. The molecule has 0 saturated carbocycles. The zero-order valence-corrected chi connectivity index (χ0v) is 15.6. The normalized spacial score (nSPS) is 12.5. The monoisotopic (exact) mass is 329 g/mol. The van der Waals surface area contributed by atoms with Crippen LogP contribution in [0, 0.1) is 5.82 Å². The van der Waals surface area contributed by atoms with E-state index in [-0.39, 0.29) is 22.4 Å². The van der Waals surface area contributed by atoms with Gasteiger partial charge >= 0.3 is 0 Å². The maximum absolute atomic E-state index is 15.0. The number of rotatable bonds is 4. The minimum atomic E-state index is -0.274. The highest BCUT2D eigenvalue weighted by Crippen LogP contribution is 2.34. The van der Waals surface area contributed by atoms with E-state index in [4.69, 9.17) is 0 Å². The van der Waals surface area contributed by atoms with Crippen molar-refractivity contribution >= 4 is 5.78 Å². The summed E-state index contributed by atoms with van der Waals surface area (Å²) in [7, 11) is 0. The Bertz CT molecular complexity index is 680. The Balaban J connectivity index is 2.34. The van der Waals surface area contributed by atoms with E-state index in [9.17, 15) is 9.18 Å². The molecular formula is C21H28FNO. The van der Waals surface area contributed by atoms with Crippen LogP contribution in [-0.4, -0.2) is 10.8 Å². The number of aromatic nitrogens is 1. The Kier molecular flexibility index (Phi) is 5.03. The topological polar surface area (TPSA) is 32.9 Å². The number of ketones is 1. The molecule has 0 atom stereocenters. The summed E-state index contributed by atoms with van der Waals surface area (Å²) in [6.07, 6.45) is 2.78. The van der Waals surface area contributed by atoms with E-state index in [0.717, 1.165) is 16.7 Å². The third kappa shape index (κ3) is 4.14. The minimum Gasteiger partial charge on any atom is -0.359 e. The highest BCUT2D eigenvalue weighted by molar-refractivity contribution is 5.94. The van der Waals surface area contributed by atoms with Crippen molar-refractivity contribution in [2.45, 2.75) is 65.2 Å². The van der Waals surface area contributed by atoms with Crippen LogP contribution in [-0.2, 0) is 17.3 Å². The van der Waals surface area contributed by atoms with Gasteiger partial charge < -0.3 is 4.98 Å². The van der Waals surface area contributed by atoms with Crippen molar-refractivity contribution in [3.05, 3.63) is 58.7 Å². The maximum Gasteiger partial charge on any atom is 0.179 e. The fourth-order valence-electron chi connectivity index (χ4n) is 2.82. The molecule has 0 saturated heterocycles. The summed E-state index contributed by atoms with van der Waals surface area (Å²) >= 11 is 0. The summed E-state index contributed by atoms with van der Waals surface area (Å²) in [6, 6.07) is 7.45. The molecule has 0 spiro atoms. The number of Topliss-reactive ketones (excluding diaryl/α,β-unsaturated/α-hetero) is 1. The Morgan fingerprint density at radius 3 is 2.00 bits per heavy atom. The number of carbonyl (C=O) groups is 1. The average Bonchev–Trinajstić information content (AvgIpc) is 2.97. The zero-order chi connectivity index (χ0) is 18.1. The lowest BCUT2D eigenvalue weighted by Crippen LogP contribution is -2.21. The van der Waals surface area contributed by atoms with Crippen molar-refractivity contribution in [2.24, 2.45) is 0 Å². The molecular weight excluding hydrogens is 301 g/mol. The highest BCUT2D eigenvalue weighted by Gasteiger charge is 2.27. The number of aromatic amines is 1. The predicted octanol–water partition coefficient (Wildman–Crippen LogP) is 5.56. The van der Waals surface area contributed by atoms with Gasteiger partial charge in [-0.25, -0.2) is 4.39 Å². The summed E-state index contributed by atoms with van der Waals surface area (Å²) in [5.74, 6) is -0.0339. The average molecular weight is 329 g/mol. The molecule has 0 aliphatic rings. The molecule has 130 valence electrons. The fourth-order valence-corrected chi connectivity index (χ4v) is 2.82. The van der Waals surface area contributed by atoms with Crippen molar-refractivity contribution in [2.75, 3.05) is 0 Å². The molecule has 0 fully saturated rings. The number of carbonyl (C=O) groups excluding carboxylic acids is 1. The lowest BCUT2D eigenvalue weighted by atomic mass is 9.78. The van der Waals surface area contributed by atoms with E-state index in [1.165, 1.54) is 0 Å². The Morgan fingerprint density at radius 2 is 1.58 bits per heavy atom. The van der Waals surface area contributed by atoms with E-state index in [1.807, 2.05) is 59.7 Å². The van der Waals surface area contributed by atoms with E-state index in [2.05, 4.69) is 4.98 Å². The third-order valence-electron chi connectivity index (χ3n) is 4.29. The molecule has 0 aliphatic carbocycles. The van der Waals surface area contributed by atoms with E-state index < -0.39 is 0 Å². The molecule has 0 radical (unpaired) electrons. The van der Waals surface area contributed by atoms with Gasteiger partial charge in [-0.05, 0) is 46.1 Å². The molecule has 1 heterocycles. The Hall–Kier alpha value is -1.90. The first kappa shape index (κ1) is 18.4. The summed E-state index contributed by atoms with van der Waals surface area (Å²) in [6.45, 7) is 12.1. The molecule has 0 aliphatic heterocycles. The number of hydrogen-bond donors (Lipinski definition) is 1. The smallest absolute Gasteiger partial charge is 0.179 e. The van der Waals surface area contributed by atoms with Gasteiger partial charge in [-0.2, -0.15) is 0 Å². The van der Waals surface area contributed by atoms with Crippen LogP contribution >= 0.6 is 0 Å². The molecule has 3 heteroatoms. The summed E-state index contributed by atoms with van der Waals surface area (Å²) in [4.78, 5) is 15.1. The zero-order valence-electron chi connectivity index (χ0n) is 15.6. The van der Waals surface area contributed by atoms with Gasteiger partial charge in [0, 0.05) is 12.6 Å². The number of hydrogen-bond acceptors (Lipinski definition) is 1. The second-order valence-electron chi connectivity index (χ2n) is 8.51. The van der Waals surface area contributed by atoms with Crippen molar-refractivity contribution in [1.82, 2.24) is 4.98 Å². The van der Waals surface area contributed by atoms with Crippen LogP contribution in [0.1, 0.15) is 75.1 Å². The van der Waals surface area contributed by atoms with Crippen molar-refractivity contribution < 1.29 is 9.18 Å². The second kappa shape index (κ2) is 6.54. The second-order valence-corrected chi connectivity index (χ2v) is 8.51. The molecule has 2 nitrogen and oxygen atoms in total. The van der Waals surface area contributed by atoms with Gasteiger partial charge in [0.25, 0.3) is 0 Å². The van der Waals surface area contributed by atoms with Crippen LogP contribution in [0.2, 0.25) is 0 Å². The largest absolute Gasteiger partial charge is 0.359 e. The summed E-state index contributed by atoms with van der Waals surface area (Å²) in [5.41, 5.74) is 2.54. The van der Waals surface area contributed by atoms with Crippen molar-refractivity contribution in [3.63, 3.8) is 0 Å². The molecule has 0 unspecified atom stereocenters. The lowest BCUT2D eigenvalue weighted by Gasteiger charge is -2.27. The van der Waals surface area contributed by atoms with Crippen molar-refractivity contribution in [3.8, 4) is 0 Å². The molecule has 0 bridgehead atoms. The van der Waals surface area contributed by atoms with Gasteiger partial charge in [0.1, 0.15) is 5.82 Å². The Labute approximate surface area is 144 Å². The molecule has 1 N–H and O–H groups in total. The molecule has 0 amide bonds. The quantitative estimate of drug-likeness (QED) is 0.731. The predicted molar refractivity (Wildman–Crippen MR) is 97.2 cm³/mol. The van der Waals surface area contributed by atoms with Gasteiger partial charge in [0.05, 0.1) is 5.69 Å². The van der Waals surface area contributed by atoms with Crippen LogP contribution in [0.15, 0.2) is 30.5 Å². The van der Waals surface area contributed by atoms with Gasteiger partial charge in [-0.1, -0.05) is 53.7 Å². The van der Waals surface area contributed by atoms with Crippen LogP contribution in [0.4, 0.5) is 4.39 Å². The first-order valence-corrected chi connectivity index (χ1v) is 8.50.